The predicted molar refractivity (Wildman–Crippen MR) is 85.4 cm³/mol. The van der Waals surface area contributed by atoms with E-state index in [1.54, 1.807) is 6.07 Å². The van der Waals surface area contributed by atoms with Gasteiger partial charge < -0.3 is 10.0 Å². The number of aromatic nitrogens is 1. The fourth-order valence-corrected chi connectivity index (χ4v) is 4.92. The monoisotopic (exact) mass is 320 g/mol. The quantitative estimate of drug-likeness (QED) is 0.907. The molecular weight excluding hydrogens is 300 g/mol. The molecule has 1 saturated heterocycles. The standard InChI is InChI=1S/C16H20N2O3S/c19-14(12-4-5-13(15(20)21)17-10-12)18-8-9-22-16(11-18)6-2-1-3-7-16/h4-5,10H,1-3,6-9,11H2,(H,20,21). The maximum atomic E-state index is 12.6. The van der Waals surface area contributed by atoms with Crippen molar-refractivity contribution in [2.75, 3.05) is 18.8 Å². The minimum atomic E-state index is -1.07. The fraction of sp³-hybridized carbons (Fsp3) is 0.562. The lowest BCUT2D eigenvalue weighted by Crippen LogP contribution is -2.49. The number of carbonyl (C=O) groups is 2. The molecule has 1 aromatic rings. The summed E-state index contributed by atoms with van der Waals surface area (Å²) in [6.07, 6.45) is 7.57. The van der Waals surface area contributed by atoms with Crippen molar-refractivity contribution in [1.29, 1.82) is 0 Å². The van der Waals surface area contributed by atoms with Gasteiger partial charge in [0.25, 0.3) is 5.91 Å². The molecule has 2 heterocycles. The summed E-state index contributed by atoms with van der Waals surface area (Å²) in [6.45, 7) is 1.56. The zero-order valence-electron chi connectivity index (χ0n) is 12.5. The number of thioether (sulfide) groups is 1. The number of pyridine rings is 1. The molecule has 0 aromatic carbocycles. The molecule has 1 aliphatic heterocycles. The van der Waals surface area contributed by atoms with E-state index in [0.717, 1.165) is 18.8 Å². The van der Waals surface area contributed by atoms with Gasteiger partial charge in [0.15, 0.2) is 0 Å². The van der Waals surface area contributed by atoms with Crippen LogP contribution in [0.3, 0.4) is 0 Å². The maximum Gasteiger partial charge on any atom is 0.354 e. The number of hydrogen-bond donors (Lipinski definition) is 1. The zero-order chi connectivity index (χ0) is 15.6. The average molecular weight is 320 g/mol. The Morgan fingerprint density at radius 1 is 1.23 bits per heavy atom. The Morgan fingerprint density at radius 2 is 2.00 bits per heavy atom. The largest absolute Gasteiger partial charge is 0.477 e. The van der Waals surface area contributed by atoms with Crippen molar-refractivity contribution in [3.05, 3.63) is 29.6 Å². The first-order valence-electron chi connectivity index (χ1n) is 7.72. The molecule has 0 bridgehead atoms. The van der Waals surface area contributed by atoms with E-state index in [2.05, 4.69) is 4.98 Å². The molecule has 2 fully saturated rings. The molecule has 3 rings (SSSR count). The lowest BCUT2D eigenvalue weighted by Gasteiger charge is -2.44. The Balaban J connectivity index is 1.72. The minimum absolute atomic E-state index is 0.0327. The Morgan fingerprint density at radius 3 is 2.64 bits per heavy atom. The highest BCUT2D eigenvalue weighted by Crippen LogP contribution is 2.42. The molecule has 0 unspecified atom stereocenters. The highest BCUT2D eigenvalue weighted by Gasteiger charge is 2.38. The van der Waals surface area contributed by atoms with Crippen LogP contribution in [0.5, 0.6) is 0 Å². The first-order chi connectivity index (χ1) is 10.6. The van der Waals surface area contributed by atoms with E-state index in [1.807, 2.05) is 16.7 Å². The lowest BCUT2D eigenvalue weighted by molar-refractivity contribution is 0.0685. The molecule has 1 saturated carbocycles. The Bertz CT molecular complexity index is 562. The van der Waals surface area contributed by atoms with E-state index in [1.165, 1.54) is 44.4 Å². The SMILES string of the molecule is O=C(O)c1ccc(C(=O)N2CCSC3(CCCCC3)C2)cn1. The van der Waals surface area contributed by atoms with Gasteiger partial charge in [0.2, 0.25) is 0 Å². The molecule has 1 aliphatic carbocycles. The van der Waals surface area contributed by atoms with Gasteiger partial charge in [-0.1, -0.05) is 19.3 Å². The van der Waals surface area contributed by atoms with Crippen molar-refractivity contribution < 1.29 is 14.7 Å². The van der Waals surface area contributed by atoms with Crippen molar-refractivity contribution in [3.63, 3.8) is 0 Å². The number of nitrogens with zero attached hydrogens (tertiary/aromatic N) is 2. The van der Waals surface area contributed by atoms with Gasteiger partial charge in [-0.2, -0.15) is 11.8 Å². The maximum absolute atomic E-state index is 12.6. The van der Waals surface area contributed by atoms with Crippen molar-refractivity contribution in [2.24, 2.45) is 0 Å². The molecule has 1 N–H and O–H groups in total. The molecule has 0 radical (unpaired) electrons. The van der Waals surface area contributed by atoms with Gasteiger partial charge in [-0.15, -0.1) is 0 Å². The summed E-state index contributed by atoms with van der Waals surface area (Å²) in [4.78, 5) is 29.2. The summed E-state index contributed by atoms with van der Waals surface area (Å²) in [5.74, 6) is -0.129. The van der Waals surface area contributed by atoms with E-state index in [0.29, 0.717) is 5.56 Å². The summed E-state index contributed by atoms with van der Waals surface area (Å²) in [5.41, 5.74) is 0.442. The summed E-state index contributed by atoms with van der Waals surface area (Å²) < 4.78 is 0.237. The van der Waals surface area contributed by atoms with Gasteiger partial charge in [-0.25, -0.2) is 9.78 Å². The third-order valence-electron chi connectivity index (χ3n) is 4.53. The van der Waals surface area contributed by atoms with E-state index in [4.69, 9.17) is 5.11 Å². The topological polar surface area (TPSA) is 70.5 Å². The number of hydrogen-bond acceptors (Lipinski definition) is 4. The molecular formula is C16H20N2O3S. The Labute approximate surface area is 134 Å². The van der Waals surface area contributed by atoms with E-state index < -0.39 is 5.97 Å². The molecule has 2 aliphatic rings. The Hall–Kier alpha value is -1.56. The van der Waals surface area contributed by atoms with E-state index >= 15 is 0 Å². The van der Waals surface area contributed by atoms with Crippen molar-refractivity contribution in [2.45, 2.75) is 36.9 Å². The highest BCUT2D eigenvalue weighted by molar-refractivity contribution is 8.00. The summed E-state index contributed by atoms with van der Waals surface area (Å²) in [5, 5.41) is 8.87. The number of carboxylic acids is 1. The first-order valence-corrected chi connectivity index (χ1v) is 8.71. The van der Waals surface area contributed by atoms with Gasteiger partial charge >= 0.3 is 5.97 Å². The molecule has 6 heteroatoms. The molecule has 1 spiro atoms. The molecule has 5 nitrogen and oxygen atoms in total. The fourth-order valence-electron chi connectivity index (χ4n) is 3.35. The lowest BCUT2D eigenvalue weighted by atomic mass is 9.87. The van der Waals surface area contributed by atoms with Crippen LogP contribution in [0.2, 0.25) is 0 Å². The third-order valence-corrected chi connectivity index (χ3v) is 6.07. The van der Waals surface area contributed by atoms with Crippen molar-refractivity contribution in [3.8, 4) is 0 Å². The minimum Gasteiger partial charge on any atom is -0.477 e. The van der Waals surface area contributed by atoms with Crippen LogP contribution in [-0.2, 0) is 0 Å². The third kappa shape index (κ3) is 3.11. The summed E-state index contributed by atoms with van der Waals surface area (Å²) in [7, 11) is 0. The van der Waals surface area contributed by atoms with Crippen LogP contribution in [-0.4, -0.2) is 50.5 Å². The second kappa shape index (κ2) is 6.28. The molecule has 1 aromatic heterocycles. The zero-order valence-corrected chi connectivity index (χ0v) is 13.3. The molecule has 118 valence electrons. The normalized spacial score (nSPS) is 20.8. The average Bonchev–Trinajstić information content (AvgIpc) is 2.55. The summed E-state index contributed by atoms with van der Waals surface area (Å²) in [6, 6.07) is 2.96. The van der Waals surface area contributed by atoms with Gasteiger partial charge in [0.1, 0.15) is 5.69 Å². The van der Waals surface area contributed by atoms with Crippen LogP contribution in [0.4, 0.5) is 0 Å². The van der Waals surface area contributed by atoms with Gasteiger partial charge in [0, 0.05) is 29.8 Å². The molecule has 0 atom stereocenters. The smallest absolute Gasteiger partial charge is 0.354 e. The van der Waals surface area contributed by atoms with E-state index in [-0.39, 0.29) is 16.3 Å². The van der Waals surface area contributed by atoms with Crippen LogP contribution < -0.4 is 0 Å². The predicted octanol–water partition coefficient (Wildman–Crippen LogP) is 2.67. The number of carbonyl (C=O) groups excluding carboxylic acids is 1. The number of amides is 1. The second-order valence-corrected chi connectivity index (χ2v) is 7.62. The van der Waals surface area contributed by atoms with E-state index in [9.17, 15) is 9.59 Å². The number of rotatable bonds is 2. The van der Waals surface area contributed by atoms with Crippen LogP contribution in [0.15, 0.2) is 18.3 Å². The second-order valence-electron chi connectivity index (χ2n) is 6.06. The van der Waals surface area contributed by atoms with Gasteiger partial charge in [0.05, 0.1) is 5.56 Å². The van der Waals surface area contributed by atoms with Crippen LogP contribution >= 0.6 is 11.8 Å². The number of aromatic carboxylic acids is 1. The molecule has 1 amide bonds. The van der Waals surface area contributed by atoms with Gasteiger partial charge in [-0.05, 0) is 25.0 Å². The van der Waals surface area contributed by atoms with Crippen molar-refractivity contribution >= 4 is 23.6 Å². The van der Waals surface area contributed by atoms with Crippen molar-refractivity contribution in [1.82, 2.24) is 9.88 Å². The van der Waals surface area contributed by atoms with Gasteiger partial charge in [-0.3, -0.25) is 4.79 Å². The van der Waals surface area contributed by atoms with Crippen LogP contribution in [0.1, 0.15) is 53.0 Å². The highest BCUT2D eigenvalue weighted by atomic mass is 32.2. The van der Waals surface area contributed by atoms with Crippen LogP contribution in [0.25, 0.3) is 0 Å². The number of carboxylic acid groups (broad SMARTS) is 1. The Kier molecular flexibility index (Phi) is 4.38. The summed E-state index contributed by atoms with van der Waals surface area (Å²) >= 11 is 2.02. The first kappa shape index (κ1) is 15.3. The molecule has 22 heavy (non-hydrogen) atoms. The van der Waals surface area contributed by atoms with Crippen LogP contribution in [0, 0.1) is 0 Å².